The van der Waals surface area contributed by atoms with Crippen LogP contribution < -0.4 is 5.73 Å². The topological polar surface area (TPSA) is 62.2 Å². The van der Waals surface area contributed by atoms with Crippen molar-refractivity contribution in [2.75, 3.05) is 5.73 Å². The maximum Gasteiger partial charge on any atom is 0.154 e. The third-order valence-electron chi connectivity index (χ3n) is 3.80. The van der Waals surface area contributed by atoms with Crippen LogP contribution in [-0.4, -0.2) is 11.5 Å². The minimum atomic E-state index is -0.170. The summed E-state index contributed by atoms with van der Waals surface area (Å²) in [4.78, 5) is 4.67. The average Bonchev–Trinajstić information content (AvgIpc) is 2.47. The van der Waals surface area contributed by atoms with Crippen LogP contribution in [0, 0.1) is 24.7 Å². The number of hydrogen-bond acceptors (Lipinski definition) is 2. The Bertz CT molecular complexity index is 765. The van der Waals surface area contributed by atoms with Crippen LogP contribution in [0.25, 0.3) is 0 Å². The van der Waals surface area contributed by atoms with E-state index in [1.807, 2.05) is 37.3 Å². The van der Waals surface area contributed by atoms with Crippen LogP contribution in [0.15, 0.2) is 47.5 Å². The lowest BCUT2D eigenvalue weighted by molar-refractivity contribution is 0.592. The summed E-state index contributed by atoms with van der Waals surface area (Å²) < 4.78 is 0. The number of anilines is 1. The standard InChI is InChI=1S/C20H25N3/c1-13-10-11-17(21)16(12-13)19(22)23-18(20(3,4)5)15-9-7-6-8-14(15)2/h6-12,22H,21H2,1-5H3. The fourth-order valence-corrected chi connectivity index (χ4v) is 2.52. The summed E-state index contributed by atoms with van der Waals surface area (Å²) in [5.74, 6) is 0.208. The van der Waals surface area contributed by atoms with Crippen molar-refractivity contribution in [3.8, 4) is 0 Å². The first-order valence-corrected chi connectivity index (χ1v) is 7.80. The number of amidine groups is 1. The van der Waals surface area contributed by atoms with Crippen molar-refractivity contribution < 1.29 is 0 Å². The Balaban J connectivity index is 2.56. The van der Waals surface area contributed by atoms with Gasteiger partial charge in [0.05, 0.1) is 5.71 Å². The number of hydrogen-bond donors (Lipinski definition) is 2. The molecule has 3 nitrogen and oxygen atoms in total. The van der Waals surface area contributed by atoms with Gasteiger partial charge in [0, 0.05) is 16.7 Å². The predicted octanol–water partition coefficient (Wildman–Crippen LogP) is 4.75. The highest BCUT2D eigenvalue weighted by molar-refractivity contribution is 6.15. The van der Waals surface area contributed by atoms with E-state index in [4.69, 9.17) is 11.1 Å². The fourth-order valence-electron chi connectivity index (χ4n) is 2.52. The number of nitrogen functional groups attached to an aromatic ring is 1. The molecule has 2 aromatic carbocycles. The van der Waals surface area contributed by atoms with Gasteiger partial charge in [0.2, 0.25) is 0 Å². The molecule has 2 aromatic rings. The number of nitrogens with one attached hydrogen (secondary N) is 1. The molecule has 3 heteroatoms. The monoisotopic (exact) mass is 307 g/mol. The molecule has 0 fully saturated rings. The predicted molar refractivity (Wildman–Crippen MR) is 99.6 cm³/mol. The van der Waals surface area contributed by atoms with E-state index in [0.29, 0.717) is 11.3 Å². The first-order chi connectivity index (χ1) is 10.7. The molecule has 0 aromatic heterocycles. The minimum absolute atomic E-state index is 0.170. The first kappa shape index (κ1) is 16.9. The molecular formula is C20H25N3. The molecular weight excluding hydrogens is 282 g/mol. The molecule has 0 saturated heterocycles. The second-order valence-corrected chi connectivity index (χ2v) is 6.96. The van der Waals surface area contributed by atoms with Gasteiger partial charge in [-0.3, -0.25) is 5.41 Å². The molecule has 3 N–H and O–H groups in total. The van der Waals surface area contributed by atoms with Crippen molar-refractivity contribution in [2.24, 2.45) is 10.4 Å². The Morgan fingerprint density at radius 2 is 1.65 bits per heavy atom. The Kier molecular flexibility index (Phi) is 4.69. The van der Waals surface area contributed by atoms with E-state index < -0.39 is 0 Å². The fraction of sp³-hybridized carbons (Fsp3) is 0.300. The van der Waals surface area contributed by atoms with Gasteiger partial charge in [-0.1, -0.05) is 56.7 Å². The van der Waals surface area contributed by atoms with Gasteiger partial charge in [-0.15, -0.1) is 0 Å². The summed E-state index contributed by atoms with van der Waals surface area (Å²) in [6.07, 6.45) is 0. The molecule has 0 spiro atoms. The summed E-state index contributed by atoms with van der Waals surface area (Å²) in [7, 11) is 0. The first-order valence-electron chi connectivity index (χ1n) is 7.80. The number of rotatable bonds is 2. The zero-order valence-corrected chi connectivity index (χ0v) is 14.6. The van der Waals surface area contributed by atoms with Crippen molar-refractivity contribution in [1.29, 1.82) is 5.41 Å². The molecule has 0 aliphatic carbocycles. The van der Waals surface area contributed by atoms with E-state index in [1.165, 1.54) is 0 Å². The second kappa shape index (κ2) is 6.37. The lowest BCUT2D eigenvalue weighted by Gasteiger charge is -2.23. The van der Waals surface area contributed by atoms with E-state index >= 15 is 0 Å². The van der Waals surface area contributed by atoms with E-state index in [9.17, 15) is 0 Å². The van der Waals surface area contributed by atoms with Crippen LogP contribution in [0.4, 0.5) is 5.69 Å². The zero-order valence-electron chi connectivity index (χ0n) is 14.6. The molecule has 0 amide bonds. The average molecular weight is 307 g/mol. The van der Waals surface area contributed by atoms with E-state index in [2.05, 4.69) is 44.8 Å². The van der Waals surface area contributed by atoms with Gasteiger partial charge in [0.25, 0.3) is 0 Å². The summed E-state index contributed by atoms with van der Waals surface area (Å²) in [5, 5.41) is 8.43. The Morgan fingerprint density at radius 1 is 1.00 bits per heavy atom. The van der Waals surface area contributed by atoms with Crippen LogP contribution in [0.2, 0.25) is 0 Å². The van der Waals surface area contributed by atoms with Gasteiger partial charge in [-0.2, -0.15) is 0 Å². The smallest absolute Gasteiger partial charge is 0.154 e. The minimum Gasteiger partial charge on any atom is -0.398 e. The highest BCUT2D eigenvalue weighted by Gasteiger charge is 2.23. The van der Waals surface area contributed by atoms with Gasteiger partial charge in [-0.05, 0) is 37.1 Å². The highest BCUT2D eigenvalue weighted by atomic mass is 14.9. The Morgan fingerprint density at radius 3 is 2.26 bits per heavy atom. The molecule has 0 saturated carbocycles. The summed E-state index contributed by atoms with van der Waals surface area (Å²) in [6, 6.07) is 13.9. The largest absolute Gasteiger partial charge is 0.398 e. The van der Waals surface area contributed by atoms with Gasteiger partial charge < -0.3 is 5.73 Å². The molecule has 23 heavy (non-hydrogen) atoms. The number of nitrogens with zero attached hydrogens (tertiary/aromatic N) is 1. The van der Waals surface area contributed by atoms with Gasteiger partial charge in [-0.25, -0.2) is 4.99 Å². The molecule has 0 aliphatic rings. The number of aryl methyl sites for hydroxylation is 2. The SMILES string of the molecule is Cc1ccc(N)c(C(=N)N=C(c2ccccc2C)C(C)(C)C)c1. The molecule has 2 rings (SSSR count). The van der Waals surface area contributed by atoms with Crippen LogP contribution in [0.3, 0.4) is 0 Å². The van der Waals surface area contributed by atoms with Crippen LogP contribution >= 0.6 is 0 Å². The Labute approximate surface area is 138 Å². The molecule has 0 radical (unpaired) electrons. The quantitative estimate of drug-likeness (QED) is 0.469. The normalized spacial score (nSPS) is 12.3. The summed E-state index contributed by atoms with van der Waals surface area (Å²) in [6.45, 7) is 10.4. The Hall–Kier alpha value is -2.42. The number of benzene rings is 2. The van der Waals surface area contributed by atoms with E-state index in [-0.39, 0.29) is 11.3 Å². The summed E-state index contributed by atoms with van der Waals surface area (Å²) >= 11 is 0. The lowest BCUT2D eigenvalue weighted by Crippen LogP contribution is -2.24. The molecule has 120 valence electrons. The molecule has 0 atom stereocenters. The molecule has 0 heterocycles. The maximum atomic E-state index is 8.43. The zero-order chi connectivity index (χ0) is 17.2. The van der Waals surface area contributed by atoms with Crippen molar-refractivity contribution >= 4 is 17.2 Å². The van der Waals surface area contributed by atoms with Gasteiger partial charge in [0.1, 0.15) is 0 Å². The molecule has 0 bridgehead atoms. The van der Waals surface area contributed by atoms with Crippen LogP contribution in [-0.2, 0) is 0 Å². The third-order valence-corrected chi connectivity index (χ3v) is 3.80. The van der Waals surface area contributed by atoms with Gasteiger partial charge >= 0.3 is 0 Å². The maximum absolute atomic E-state index is 8.43. The third kappa shape index (κ3) is 3.86. The number of nitrogens with two attached hydrogens (primary N) is 1. The summed E-state index contributed by atoms with van der Waals surface area (Å²) in [5.41, 5.74) is 11.3. The van der Waals surface area contributed by atoms with Gasteiger partial charge in [0.15, 0.2) is 5.84 Å². The van der Waals surface area contributed by atoms with E-state index in [0.717, 1.165) is 22.4 Å². The molecule has 0 aliphatic heterocycles. The van der Waals surface area contributed by atoms with Crippen molar-refractivity contribution in [3.05, 3.63) is 64.7 Å². The van der Waals surface area contributed by atoms with Crippen LogP contribution in [0.1, 0.15) is 43.0 Å². The highest BCUT2D eigenvalue weighted by Crippen LogP contribution is 2.25. The van der Waals surface area contributed by atoms with Crippen molar-refractivity contribution in [2.45, 2.75) is 34.6 Å². The van der Waals surface area contributed by atoms with Crippen molar-refractivity contribution in [1.82, 2.24) is 0 Å². The van der Waals surface area contributed by atoms with Crippen LogP contribution in [0.5, 0.6) is 0 Å². The van der Waals surface area contributed by atoms with E-state index in [1.54, 1.807) is 0 Å². The lowest BCUT2D eigenvalue weighted by atomic mass is 9.84. The molecule has 0 unspecified atom stereocenters. The number of aliphatic imine (C=N–C) groups is 1. The second-order valence-electron chi connectivity index (χ2n) is 6.96. The van der Waals surface area contributed by atoms with Crippen molar-refractivity contribution in [3.63, 3.8) is 0 Å².